The Hall–Kier alpha value is -2.21. The highest BCUT2D eigenvalue weighted by Crippen LogP contribution is 2.00. The van der Waals surface area contributed by atoms with Crippen LogP contribution in [0.5, 0.6) is 0 Å². The van der Waals surface area contributed by atoms with Crippen molar-refractivity contribution in [1.29, 1.82) is 0 Å². The first-order valence-corrected chi connectivity index (χ1v) is 6.59. The number of nitrogens with two attached hydrogens (primary N) is 1. The molecular formula is C14H20ClN5O. The molecule has 2 aromatic rings. The predicted octanol–water partition coefficient (Wildman–Crippen LogP) is 1.85. The van der Waals surface area contributed by atoms with E-state index < -0.39 is 0 Å². The third-order valence-corrected chi connectivity index (χ3v) is 2.85. The van der Waals surface area contributed by atoms with E-state index in [1.54, 1.807) is 6.20 Å². The molecule has 1 aromatic heterocycles. The van der Waals surface area contributed by atoms with Crippen molar-refractivity contribution in [3.8, 4) is 0 Å². The highest BCUT2D eigenvalue weighted by Gasteiger charge is 2.01. The van der Waals surface area contributed by atoms with Crippen molar-refractivity contribution < 1.29 is 4.79 Å². The number of hydrogen-bond donors (Lipinski definition) is 4. The number of carbonyl (C=O) groups is 1. The summed E-state index contributed by atoms with van der Waals surface area (Å²) >= 11 is 0. The zero-order valence-electron chi connectivity index (χ0n) is 11.6. The van der Waals surface area contributed by atoms with Crippen molar-refractivity contribution in [1.82, 2.24) is 20.6 Å². The Morgan fingerprint density at radius 3 is 2.67 bits per heavy atom. The molecular weight excluding hydrogens is 290 g/mol. The van der Waals surface area contributed by atoms with Gasteiger partial charge in [0, 0.05) is 18.8 Å². The van der Waals surface area contributed by atoms with Gasteiger partial charge in [-0.05, 0) is 18.4 Å². The van der Waals surface area contributed by atoms with Gasteiger partial charge in [0.1, 0.15) is 0 Å². The molecule has 0 aliphatic heterocycles. The van der Waals surface area contributed by atoms with E-state index in [0.717, 1.165) is 24.1 Å². The van der Waals surface area contributed by atoms with E-state index in [4.69, 9.17) is 5.73 Å². The van der Waals surface area contributed by atoms with E-state index in [9.17, 15) is 4.79 Å². The maximum atomic E-state index is 11.6. The highest BCUT2D eigenvalue weighted by atomic mass is 35.5. The van der Waals surface area contributed by atoms with Gasteiger partial charge in [-0.2, -0.15) is 0 Å². The number of urea groups is 1. The largest absolute Gasteiger partial charge is 0.369 e. The van der Waals surface area contributed by atoms with E-state index in [1.165, 1.54) is 0 Å². The number of halogens is 1. The Morgan fingerprint density at radius 2 is 2.00 bits per heavy atom. The summed E-state index contributed by atoms with van der Waals surface area (Å²) in [4.78, 5) is 18.4. The molecule has 0 aliphatic rings. The Kier molecular flexibility index (Phi) is 7.11. The quantitative estimate of drug-likeness (QED) is 0.613. The normalized spacial score (nSPS) is 9.71. The second-order valence-corrected chi connectivity index (χ2v) is 4.49. The predicted molar refractivity (Wildman–Crippen MR) is 85.2 cm³/mol. The first kappa shape index (κ1) is 16.8. The fourth-order valence-corrected chi connectivity index (χ4v) is 1.83. The lowest BCUT2D eigenvalue weighted by Gasteiger charge is -2.07. The number of hydrogen-bond acceptors (Lipinski definition) is 3. The summed E-state index contributed by atoms with van der Waals surface area (Å²) < 4.78 is 0. The molecule has 0 fully saturated rings. The third kappa shape index (κ3) is 6.18. The minimum atomic E-state index is -0.155. The lowest BCUT2D eigenvalue weighted by atomic mass is 10.2. The van der Waals surface area contributed by atoms with E-state index in [0.29, 0.717) is 19.0 Å². The molecule has 1 aromatic carbocycles. The summed E-state index contributed by atoms with van der Waals surface area (Å²) in [7, 11) is 0. The number of benzene rings is 1. The van der Waals surface area contributed by atoms with Crippen molar-refractivity contribution in [2.75, 3.05) is 12.3 Å². The van der Waals surface area contributed by atoms with Gasteiger partial charge in [-0.3, -0.25) is 0 Å². The molecule has 7 heteroatoms. The van der Waals surface area contributed by atoms with E-state index >= 15 is 0 Å². The van der Waals surface area contributed by atoms with Crippen LogP contribution in [0.25, 0.3) is 0 Å². The Balaban J connectivity index is 0.00000220. The second-order valence-electron chi connectivity index (χ2n) is 4.49. The molecule has 0 saturated carbocycles. The van der Waals surface area contributed by atoms with Crippen molar-refractivity contribution >= 4 is 24.4 Å². The Labute approximate surface area is 129 Å². The fourth-order valence-electron chi connectivity index (χ4n) is 1.83. The minimum absolute atomic E-state index is 0. The number of amides is 2. The summed E-state index contributed by atoms with van der Waals surface area (Å²) in [6.07, 6.45) is 3.36. The zero-order valence-corrected chi connectivity index (χ0v) is 12.5. The lowest BCUT2D eigenvalue weighted by Crippen LogP contribution is -2.35. The first-order chi connectivity index (χ1) is 9.74. The van der Waals surface area contributed by atoms with Gasteiger partial charge < -0.3 is 21.4 Å². The van der Waals surface area contributed by atoms with Gasteiger partial charge in [-0.1, -0.05) is 30.3 Å². The number of carbonyl (C=O) groups excluding carboxylic acids is 1. The van der Waals surface area contributed by atoms with Crippen molar-refractivity contribution in [3.05, 3.63) is 47.8 Å². The van der Waals surface area contributed by atoms with Crippen LogP contribution in [0.4, 0.5) is 10.7 Å². The van der Waals surface area contributed by atoms with Crippen molar-refractivity contribution in [2.45, 2.75) is 19.4 Å². The number of H-pyrrole nitrogens is 1. The molecule has 6 nitrogen and oxygen atoms in total. The molecule has 114 valence electrons. The second kappa shape index (κ2) is 8.86. The first-order valence-electron chi connectivity index (χ1n) is 6.59. The molecule has 0 saturated heterocycles. The lowest BCUT2D eigenvalue weighted by molar-refractivity contribution is 0.240. The van der Waals surface area contributed by atoms with Gasteiger partial charge in [0.15, 0.2) is 5.95 Å². The molecule has 0 spiro atoms. The van der Waals surface area contributed by atoms with Crippen LogP contribution in [0.1, 0.15) is 17.7 Å². The Bertz CT molecular complexity index is 543. The number of nitrogens with zero attached hydrogens (tertiary/aromatic N) is 1. The van der Waals surface area contributed by atoms with Crippen LogP contribution in [0.2, 0.25) is 0 Å². The Morgan fingerprint density at radius 1 is 1.24 bits per heavy atom. The van der Waals surface area contributed by atoms with Crippen molar-refractivity contribution in [2.24, 2.45) is 0 Å². The van der Waals surface area contributed by atoms with Gasteiger partial charge in [-0.25, -0.2) is 9.78 Å². The number of anilines is 1. The van der Waals surface area contributed by atoms with Crippen LogP contribution in [-0.4, -0.2) is 22.5 Å². The number of rotatable bonds is 6. The van der Waals surface area contributed by atoms with Crippen LogP contribution in [0.3, 0.4) is 0 Å². The molecule has 1 heterocycles. The summed E-state index contributed by atoms with van der Waals surface area (Å²) in [5.74, 6) is 0.425. The molecule has 2 amide bonds. The van der Waals surface area contributed by atoms with Gasteiger partial charge in [0.05, 0.1) is 6.20 Å². The zero-order chi connectivity index (χ0) is 14.2. The monoisotopic (exact) mass is 309 g/mol. The van der Waals surface area contributed by atoms with Gasteiger partial charge >= 0.3 is 6.03 Å². The number of nitrogen functional groups attached to an aromatic ring is 1. The molecule has 21 heavy (non-hydrogen) atoms. The van der Waals surface area contributed by atoms with Crippen molar-refractivity contribution in [3.63, 3.8) is 0 Å². The number of aryl methyl sites for hydroxylation is 1. The molecule has 0 bridgehead atoms. The third-order valence-electron chi connectivity index (χ3n) is 2.85. The van der Waals surface area contributed by atoms with E-state index in [2.05, 4.69) is 20.6 Å². The van der Waals surface area contributed by atoms with Crippen LogP contribution >= 0.6 is 12.4 Å². The van der Waals surface area contributed by atoms with Gasteiger partial charge in [0.25, 0.3) is 0 Å². The van der Waals surface area contributed by atoms with Crippen LogP contribution < -0.4 is 16.4 Å². The maximum Gasteiger partial charge on any atom is 0.315 e. The average molecular weight is 310 g/mol. The van der Waals surface area contributed by atoms with Gasteiger partial charge in [0.2, 0.25) is 0 Å². The number of nitrogens with one attached hydrogen (secondary N) is 3. The highest BCUT2D eigenvalue weighted by molar-refractivity contribution is 5.85. The standard InChI is InChI=1S/C14H19N5O.ClH/c15-13-17-10-12(19-13)7-4-8-16-14(20)18-9-11-5-2-1-3-6-11;/h1-3,5-6,10H,4,7-9H2,(H3,15,17,19)(H2,16,18,20);1H. The summed E-state index contributed by atoms with van der Waals surface area (Å²) in [6, 6.07) is 9.64. The van der Waals surface area contributed by atoms with Crippen LogP contribution in [0, 0.1) is 0 Å². The minimum Gasteiger partial charge on any atom is -0.369 e. The summed E-state index contributed by atoms with van der Waals surface area (Å²) in [6.45, 7) is 1.14. The summed E-state index contributed by atoms with van der Waals surface area (Å²) in [5, 5.41) is 5.63. The van der Waals surface area contributed by atoms with Gasteiger partial charge in [-0.15, -0.1) is 12.4 Å². The summed E-state index contributed by atoms with van der Waals surface area (Å²) in [5.41, 5.74) is 7.54. The smallest absolute Gasteiger partial charge is 0.315 e. The van der Waals surface area contributed by atoms with Crippen LogP contribution in [-0.2, 0) is 13.0 Å². The molecule has 0 unspecified atom stereocenters. The van der Waals surface area contributed by atoms with E-state index in [-0.39, 0.29) is 18.4 Å². The fraction of sp³-hybridized carbons (Fsp3) is 0.286. The molecule has 2 rings (SSSR count). The average Bonchev–Trinajstić information content (AvgIpc) is 2.88. The maximum absolute atomic E-state index is 11.6. The molecule has 5 N–H and O–H groups in total. The SMILES string of the molecule is Cl.Nc1ncc(CCCNC(=O)NCc2ccccc2)[nH]1. The van der Waals surface area contributed by atoms with E-state index in [1.807, 2.05) is 30.3 Å². The van der Waals surface area contributed by atoms with Crippen LogP contribution in [0.15, 0.2) is 36.5 Å². The molecule has 0 atom stereocenters. The topological polar surface area (TPSA) is 95.8 Å². The number of aromatic amines is 1. The molecule has 0 aliphatic carbocycles. The molecule has 0 radical (unpaired) electrons. The number of imidazole rings is 1. The number of aromatic nitrogens is 2.